The average molecular weight is 412 g/mol. The van der Waals surface area contributed by atoms with Gasteiger partial charge < -0.3 is 9.30 Å². The highest BCUT2D eigenvalue weighted by molar-refractivity contribution is 5.97. The largest absolute Gasteiger partial charge is 0.497 e. The number of hydrogen-bond acceptors (Lipinski definition) is 2. The lowest BCUT2D eigenvalue weighted by Crippen LogP contribution is -2.16. The van der Waals surface area contributed by atoms with Gasteiger partial charge in [0, 0.05) is 40.5 Å². The second-order valence-electron chi connectivity index (χ2n) is 8.31. The number of ether oxygens (including phenoxy) is 1. The number of benzene rings is 3. The normalized spacial score (nSPS) is 12.3. The molecule has 0 amide bonds. The summed E-state index contributed by atoms with van der Waals surface area (Å²) in [6.07, 6.45) is 0.417. The van der Waals surface area contributed by atoms with Crippen molar-refractivity contribution < 1.29 is 9.53 Å². The van der Waals surface area contributed by atoms with Crippen molar-refractivity contribution in [3.05, 3.63) is 101 Å². The molecule has 158 valence electrons. The molecular formula is C28H29NO2. The fourth-order valence-corrected chi connectivity index (χ4v) is 4.57. The fraction of sp³-hybridized carbons (Fsp3) is 0.250. The SMILES string of the molecule is COc1ccc(C(CC(=O)c2ccccc2)c2c(C)c3ccccc3n2C(C)C)cc1. The summed E-state index contributed by atoms with van der Waals surface area (Å²) < 4.78 is 7.77. The van der Waals surface area contributed by atoms with Crippen LogP contribution < -0.4 is 4.74 Å². The van der Waals surface area contributed by atoms with Crippen LogP contribution in [0.5, 0.6) is 5.75 Å². The number of aryl methyl sites for hydroxylation is 1. The van der Waals surface area contributed by atoms with E-state index in [2.05, 4.69) is 61.7 Å². The molecule has 1 atom stereocenters. The van der Waals surface area contributed by atoms with E-state index in [-0.39, 0.29) is 17.7 Å². The minimum Gasteiger partial charge on any atom is -0.497 e. The number of para-hydroxylation sites is 1. The summed E-state index contributed by atoms with van der Waals surface area (Å²) in [5.41, 5.74) is 5.55. The second-order valence-corrected chi connectivity index (χ2v) is 8.31. The summed E-state index contributed by atoms with van der Waals surface area (Å²) in [5.74, 6) is 0.924. The number of methoxy groups -OCH3 is 1. The molecule has 3 aromatic carbocycles. The van der Waals surface area contributed by atoms with E-state index in [1.54, 1.807) is 7.11 Å². The number of Topliss-reactive ketones (excluding diaryl/α,β-unsaturated/α-hetero) is 1. The van der Waals surface area contributed by atoms with Gasteiger partial charge in [-0.2, -0.15) is 0 Å². The van der Waals surface area contributed by atoms with Crippen molar-refractivity contribution in [3.63, 3.8) is 0 Å². The van der Waals surface area contributed by atoms with Crippen molar-refractivity contribution in [1.29, 1.82) is 0 Å². The van der Waals surface area contributed by atoms with Gasteiger partial charge in [0.15, 0.2) is 5.78 Å². The van der Waals surface area contributed by atoms with Crippen LogP contribution in [0.2, 0.25) is 0 Å². The molecule has 0 aliphatic heterocycles. The van der Waals surface area contributed by atoms with Crippen LogP contribution in [0, 0.1) is 6.92 Å². The maximum Gasteiger partial charge on any atom is 0.163 e. The highest BCUT2D eigenvalue weighted by Gasteiger charge is 2.27. The van der Waals surface area contributed by atoms with Crippen LogP contribution >= 0.6 is 0 Å². The Bertz CT molecular complexity index is 1190. The molecular weight excluding hydrogens is 382 g/mol. The molecule has 1 heterocycles. The average Bonchev–Trinajstić information content (AvgIpc) is 3.10. The molecule has 31 heavy (non-hydrogen) atoms. The highest BCUT2D eigenvalue weighted by atomic mass is 16.5. The molecule has 0 fully saturated rings. The second kappa shape index (κ2) is 8.81. The van der Waals surface area contributed by atoms with Gasteiger partial charge >= 0.3 is 0 Å². The molecule has 0 aliphatic carbocycles. The minimum atomic E-state index is -0.0478. The van der Waals surface area contributed by atoms with Gasteiger partial charge in [0.1, 0.15) is 5.75 Å². The third-order valence-corrected chi connectivity index (χ3v) is 6.06. The van der Waals surface area contributed by atoms with E-state index in [4.69, 9.17) is 4.74 Å². The monoisotopic (exact) mass is 411 g/mol. The highest BCUT2D eigenvalue weighted by Crippen LogP contribution is 2.39. The number of aromatic nitrogens is 1. The van der Waals surface area contributed by atoms with Crippen molar-refractivity contribution in [3.8, 4) is 5.75 Å². The number of fused-ring (bicyclic) bond motifs is 1. The molecule has 3 nitrogen and oxygen atoms in total. The number of carbonyl (C=O) groups excluding carboxylic acids is 1. The van der Waals surface area contributed by atoms with Crippen molar-refractivity contribution in [2.75, 3.05) is 7.11 Å². The van der Waals surface area contributed by atoms with Crippen molar-refractivity contribution in [2.24, 2.45) is 0 Å². The topological polar surface area (TPSA) is 31.2 Å². The molecule has 0 spiro atoms. The number of nitrogens with zero attached hydrogens (tertiary/aromatic N) is 1. The molecule has 1 aromatic heterocycles. The lowest BCUT2D eigenvalue weighted by Gasteiger charge is -2.24. The Kier molecular flexibility index (Phi) is 5.94. The number of carbonyl (C=O) groups is 1. The van der Waals surface area contributed by atoms with Crippen LogP contribution in [0.4, 0.5) is 0 Å². The quantitative estimate of drug-likeness (QED) is 0.308. The molecule has 0 radical (unpaired) electrons. The Morgan fingerprint density at radius 2 is 1.55 bits per heavy atom. The zero-order valence-electron chi connectivity index (χ0n) is 18.6. The predicted molar refractivity (Wildman–Crippen MR) is 127 cm³/mol. The van der Waals surface area contributed by atoms with E-state index in [1.165, 1.54) is 22.2 Å². The van der Waals surface area contributed by atoms with Crippen molar-refractivity contribution in [2.45, 2.75) is 39.2 Å². The first kappa shape index (κ1) is 20.9. The summed E-state index contributed by atoms with van der Waals surface area (Å²) >= 11 is 0. The summed E-state index contributed by atoms with van der Waals surface area (Å²) in [6, 6.07) is 26.5. The third kappa shape index (κ3) is 4.00. The molecule has 0 N–H and O–H groups in total. The van der Waals surface area contributed by atoms with Crippen molar-refractivity contribution in [1.82, 2.24) is 4.57 Å². The number of ketones is 1. The van der Waals surface area contributed by atoms with E-state index in [0.717, 1.165) is 16.9 Å². The minimum absolute atomic E-state index is 0.0478. The summed E-state index contributed by atoms with van der Waals surface area (Å²) in [6.45, 7) is 6.60. The van der Waals surface area contributed by atoms with Crippen LogP contribution in [0.3, 0.4) is 0 Å². The van der Waals surface area contributed by atoms with Gasteiger partial charge in [0.25, 0.3) is 0 Å². The van der Waals surface area contributed by atoms with Gasteiger partial charge in [0.2, 0.25) is 0 Å². The maximum atomic E-state index is 13.3. The molecule has 1 unspecified atom stereocenters. The molecule has 4 aromatic rings. The zero-order valence-corrected chi connectivity index (χ0v) is 18.6. The predicted octanol–water partition coefficient (Wildman–Crippen LogP) is 6.94. The van der Waals surface area contributed by atoms with Gasteiger partial charge in [-0.05, 0) is 50.1 Å². The summed E-state index contributed by atoms with van der Waals surface area (Å²) in [7, 11) is 1.67. The summed E-state index contributed by atoms with van der Waals surface area (Å²) in [4.78, 5) is 13.3. The number of rotatable bonds is 7. The molecule has 4 rings (SSSR count). The van der Waals surface area contributed by atoms with E-state index in [9.17, 15) is 4.79 Å². The van der Waals surface area contributed by atoms with E-state index < -0.39 is 0 Å². The van der Waals surface area contributed by atoms with Crippen LogP contribution in [-0.2, 0) is 0 Å². The van der Waals surface area contributed by atoms with E-state index in [1.807, 2.05) is 42.5 Å². The lowest BCUT2D eigenvalue weighted by atomic mass is 9.86. The molecule has 0 saturated carbocycles. The smallest absolute Gasteiger partial charge is 0.163 e. The van der Waals surface area contributed by atoms with Gasteiger partial charge in [-0.25, -0.2) is 0 Å². The van der Waals surface area contributed by atoms with Crippen LogP contribution in [-0.4, -0.2) is 17.5 Å². The van der Waals surface area contributed by atoms with E-state index in [0.29, 0.717) is 6.42 Å². The third-order valence-electron chi connectivity index (χ3n) is 6.06. The van der Waals surface area contributed by atoms with Gasteiger partial charge in [-0.15, -0.1) is 0 Å². The van der Waals surface area contributed by atoms with Crippen LogP contribution in [0.15, 0.2) is 78.9 Å². The molecule has 3 heteroatoms. The molecule has 0 bridgehead atoms. The standard InChI is InChI=1S/C28H29NO2/c1-19(2)29-26-13-9-8-12-24(26)20(3)28(29)25(21-14-16-23(31-4)17-15-21)18-27(30)22-10-6-5-7-11-22/h5-17,19,25H,18H2,1-4H3. The van der Waals surface area contributed by atoms with Gasteiger partial charge in [-0.3, -0.25) is 4.79 Å². The Morgan fingerprint density at radius 1 is 0.903 bits per heavy atom. The molecule has 0 saturated heterocycles. The first-order chi connectivity index (χ1) is 15.0. The van der Waals surface area contributed by atoms with E-state index >= 15 is 0 Å². The Morgan fingerprint density at radius 3 is 2.19 bits per heavy atom. The fourth-order valence-electron chi connectivity index (χ4n) is 4.57. The Hall–Kier alpha value is -3.33. The molecule has 0 aliphatic rings. The first-order valence-electron chi connectivity index (χ1n) is 10.8. The first-order valence-corrected chi connectivity index (χ1v) is 10.8. The Labute approximate surface area is 184 Å². The lowest BCUT2D eigenvalue weighted by molar-refractivity contribution is 0.0976. The number of hydrogen-bond donors (Lipinski definition) is 0. The van der Waals surface area contributed by atoms with Crippen LogP contribution in [0.25, 0.3) is 10.9 Å². The maximum absolute atomic E-state index is 13.3. The van der Waals surface area contributed by atoms with Gasteiger partial charge in [0.05, 0.1) is 7.11 Å². The van der Waals surface area contributed by atoms with Crippen LogP contribution in [0.1, 0.15) is 59.4 Å². The zero-order chi connectivity index (χ0) is 22.0. The van der Waals surface area contributed by atoms with Crippen molar-refractivity contribution >= 4 is 16.7 Å². The summed E-state index contributed by atoms with van der Waals surface area (Å²) in [5, 5.41) is 1.25. The van der Waals surface area contributed by atoms with Gasteiger partial charge in [-0.1, -0.05) is 60.7 Å². The Balaban J connectivity index is 1.89.